The molecule has 1 aliphatic rings. The number of anilines is 2. The van der Waals surface area contributed by atoms with Crippen LogP contribution >= 0.6 is 0 Å². The van der Waals surface area contributed by atoms with Crippen molar-refractivity contribution in [2.75, 3.05) is 5.32 Å². The number of ether oxygens (including phenoxy) is 1. The number of hydrogen-bond acceptors (Lipinski definition) is 7. The van der Waals surface area contributed by atoms with Crippen LogP contribution in [0.4, 0.5) is 11.6 Å². The van der Waals surface area contributed by atoms with Gasteiger partial charge in [0.15, 0.2) is 11.5 Å². The van der Waals surface area contributed by atoms with Crippen LogP contribution in [-0.4, -0.2) is 42.1 Å². The number of aromatic nitrogens is 5. The lowest BCUT2D eigenvalue weighted by molar-refractivity contribution is -0.143. The number of benzene rings is 1. The lowest BCUT2D eigenvalue weighted by atomic mass is 9.87. The zero-order valence-corrected chi connectivity index (χ0v) is 21.0. The van der Waals surface area contributed by atoms with Gasteiger partial charge in [0.2, 0.25) is 0 Å². The summed E-state index contributed by atoms with van der Waals surface area (Å²) < 4.78 is 7.82. The van der Waals surface area contributed by atoms with Gasteiger partial charge in [-0.25, -0.2) is 14.6 Å². The van der Waals surface area contributed by atoms with Crippen LogP contribution in [0.15, 0.2) is 60.7 Å². The normalized spacial score (nSPS) is 17.4. The molecule has 0 saturated heterocycles. The predicted molar refractivity (Wildman–Crippen MR) is 140 cm³/mol. The fourth-order valence-corrected chi connectivity index (χ4v) is 4.70. The molecule has 3 aromatic heterocycles. The molecule has 0 radical (unpaired) electrons. The topological polar surface area (TPSA) is 115 Å². The maximum absolute atomic E-state index is 11.4. The van der Waals surface area contributed by atoms with Crippen LogP contribution in [0, 0.1) is 12.8 Å². The van der Waals surface area contributed by atoms with Gasteiger partial charge in [0.25, 0.3) is 0 Å². The number of nitrogens with one attached hydrogen (secondary N) is 1. The van der Waals surface area contributed by atoms with E-state index in [4.69, 9.17) is 14.7 Å². The first-order chi connectivity index (χ1) is 18.0. The third-order valence-corrected chi connectivity index (χ3v) is 6.66. The summed E-state index contributed by atoms with van der Waals surface area (Å²) in [6.45, 7) is 1.88. The fraction of sp³-hybridized carbons (Fsp3) is 0.321. The molecule has 3 heterocycles. The minimum atomic E-state index is -0.749. The Balaban J connectivity index is 1.33. The molecule has 1 aromatic carbocycles. The zero-order valence-electron chi connectivity index (χ0n) is 21.0. The Kier molecular flexibility index (Phi) is 7.11. The first-order valence-electron chi connectivity index (χ1n) is 12.5. The van der Waals surface area contributed by atoms with Gasteiger partial charge >= 0.3 is 5.97 Å². The minimum absolute atomic E-state index is 0.121. The average molecular weight is 499 g/mol. The zero-order chi connectivity index (χ0) is 25.8. The van der Waals surface area contributed by atoms with E-state index in [2.05, 4.69) is 27.8 Å². The third kappa shape index (κ3) is 5.77. The van der Waals surface area contributed by atoms with Gasteiger partial charge in [-0.15, -0.1) is 5.10 Å². The molecule has 190 valence electrons. The van der Waals surface area contributed by atoms with Crippen LogP contribution in [0.5, 0.6) is 5.75 Å². The van der Waals surface area contributed by atoms with Gasteiger partial charge < -0.3 is 15.2 Å². The number of carboxylic acids is 1. The van der Waals surface area contributed by atoms with Gasteiger partial charge in [-0.05, 0) is 62.4 Å². The number of nitrogens with zero attached hydrogens (tertiary/aromatic N) is 5. The summed E-state index contributed by atoms with van der Waals surface area (Å²) >= 11 is 0. The highest BCUT2D eigenvalue weighted by Gasteiger charge is 2.28. The van der Waals surface area contributed by atoms with Crippen molar-refractivity contribution in [3.8, 4) is 17.1 Å². The molecule has 0 unspecified atom stereocenters. The highest BCUT2D eigenvalue weighted by atomic mass is 16.5. The molecule has 1 saturated carbocycles. The molecule has 0 amide bonds. The molecular weight excluding hydrogens is 468 g/mol. The average Bonchev–Trinajstić information content (AvgIpc) is 3.26. The highest BCUT2D eigenvalue weighted by Crippen LogP contribution is 2.32. The van der Waals surface area contributed by atoms with E-state index in [1.165, 1.54) is 5.56 Å². The van der Waals surface area contributed by atoms with Crippen molar-refractivity contribution < 1.29 is 14.6 Å². The van der Waals surface area contributed by atoms with E-state index < -0.39 is 5.97 Å². The molecule has 1 fully saturated rings. The molecule has 4 aromatic rings. The summed E-state index contributed by atoms with van der Waals surface area (Å²) in [7, 11) is 1.82. The summed E-state index contributed by atoms with van der Waals surface area (Å²) in [4.78, 5) is 20.9. The summed E-state index contributed by atoms with van der Waals surface area (Å²) in [6.07, 6.45) is 3.54. The molecule has 1 aliphatic carbocycles. The Morgan fingerprint density at radius 2 is 1.92 bits per heavy atom. The SMILES string of the molecule is Cc1nc(-c2nnn(C)c2Nc2cccc(Cc3ccccc3)n2)ccc1O[C@H]1CCC[C@H](C(=O)O)C1. The molecule has 37 heavy (non-hydrogen) atoms. The van der Waals surface area contributed by atoms with E-state index in [-0.39, 0.29) is 12.0 Å². The highest BCUT2D eigenvalue weighted by molar-refractivity contribution is 5.72. The molecule has 5 rings (SSSR count). The Hall–Kier alpha value is -4.27. The second-order valence-corrected chi connectivity index (χ2v) is 9.43. The smallest absolute Gasteiger partial charge is 0.306 e. The molecule has 0 aliphatic heterocycles. The monoisotopic (exact) mass is 498 g/mol. The second-order valence-electron chi connectivity index (χ2n) is 9.43. The third-order valence-electron chi connectivity index (χ3n) is 6.66. The Morgan fingerprint density at radius 1 is 1.08 bits per heavy atom. The standard InChI is InChI=1S/C28H30N6O3/c1-18-24(37-22-12-6-10-20(17-22)28(35)36)15-14-23(29-18)26-27(34(2)33-32-26)31-25-13-7-11-21(30-25)16-19-8-4-3-5-9-19/h3-5,7-9,11,13-15,20,22H,6,10,12,16-17H2,1-2H3,(H,30,31)(H,35,36)/t20-,22-/m0/s1. The van der Waals surface area contributed by atoms with Crippen LogP contribution in [0.1, 0.15) is 42.6 Å². The summed E-state index contributed by atoms with van der Waals surface area (Å²) in [5.74, 6) is 0.942. The van der Waals surface area contributed by atoms with E-state index in [9.17, 15) is 9.90 Å². The minimum Gasteiger partial charge on any atom is -0.489 e. The second kappa shape index (κ2) is 10.8. The van der Waals surface area contributed by atoms with Crippen molar-refractivity contribution in [2.45, 2.75) is 45.1 Å². The lowest BCUT2D eigenvalue weighted by Gasteiger charge is -2.27. The lowest BCUT2D eigenvalue weighted by Crippen LogP contribution is -2.29. The first-order valence-corrected chi connectivity index (χ1v) is 12.5. The van der Waals surface area contributed by atoms with Gasteiger partial charge in [0, 0.05) is 19.2 Å². The Morgan fingerprint density at radius 3 is 2.70 bits per heavy atom. The van der Waals surface area contributed by atoms with Crippen LogP contribution in [0.2, 0.25) is 0 Å². The van der Waals surface area contributed by atoms with E-state index in [1.54, 1.807) is 4.68 Å². The van der Waals surface area contributed by atoms with Gasteiger partial charge in [-0.1, -0.05) is 41.6 Å². The quantitative estimate of drug-likeness (QED) is 0.351. The number of pyridine rings is 2. The molecule has 9 heteroatoms. The van der Waals surface area contributed by atoms with Crippen LogP contribution in [0.25, 0.3) is 11.4 Å². The van der Waals surface area contributed by atoms with Crippen molar-refractivity contribution in [1.29, 1.82) is 0 Å². The van der Waals surface area contributed by atoms with Gasteiger partial charge in [0.05, 0.1) is 23.4 Å². The number of rotatable bonds is 8. The fourth-order valence-electron chi connectivity index (χ4n) is 4.70. The van der Waals surface area contributed by atoms with Gasteiger partial charge in [0.1, 0.15) is 11.6 Å². The first kappa shape index (κ1) is 24.4. The molecule has 0 bridgehead atoms. The molecule has 2 N–H and O–H groups in total. The molecular formula is C28H30N6O3. The summed E-state index contributed by atoms with van der Waals surface area (Å²) in [5.41, 5.74) is 4.14. The Bertz CT molecular complexity index is 1390. The largest absolute Gasteiger partial charge is 0.489 e. The van der Waals surface area contributed by atoms with Crippen molar-refractivity contribution in [3.05, 3.63) is 77.6 Å². The number of aryl methyl sites for hydroxylation is 2. The summed E-state index contributed by atoms with van der Waals surface area (Å²) in [5, 5.41) is 21.3. The van der Waals surface area contributed by atoms with Gasteiger partial charge in [-0.3, -0.25) is 4.79 Å². The van der Waals surface area contributed by atoms with Crippen LogP contribution in [0.3, 0.4) is 0 Å². The number of aliphatic carboxylic acids is 1. The maximum Gasteiger partial charge on any atom is 0.306 e. The number of carbonyl (C=O) groups is 1. The van der Waals surface area contributed by atoms with Crippen molar-refractivity contribution in [3.63, 3.8) is 0 Å². The van der Waals surface area contributed by atoms with Gasteiger partial charge in [-0.2, -0.15) is 0 Å². The van der Waals surface area contributed by atoms with E-state index in [0.29, 0.717) is 41.6 Å². The molecule has 9 nitrogen and oxygen atoms in total. The van der Waals surface area contributed by atoms with E-state index in [0.717, 1.165) is 30.7 Å². The Labute approximate surface area is 215 Å². The maximum atomic E-state index is 11.4. The molecule has 0 spiro atoms. The van der Waals surface area contributed by atoms with Crippen molar-refractivity contribution in [2.24, 2.45) is 13.0 Å². The number of carboxylic acid groups (broad SMARTS) is 1. The van der Waals surface area contributed by atoms with Crippen molar-refractivity contribution >= 4 is 17.6 Å². The van der Waals surface area contributed by atoms with Crippen LogP contribution in [-0.2, 0) is 18.3 Å². The molecule has 2 atom stereocenters. The van der Waals surface area contributed by atoms with Crippen molar-refractivity contribution in [1.82, 2.24) is 25.0 Å². The predicted octanol–water partition coefficient (Wildman–Crippen LogP) is 4.94. The summed E-state index contributed by atoms with van der Waals surface area (Å²) in [6, 6.07) is 19.9. The van der Waals surface area contributed by atoms with E-state index in [1.807, 2.05) is 62.5 Å². The number of hydrogen-bond donors (Lipinski definition) is 2. The van der Waals surface area contributed by atoms with E-state index >= 15 is 0 Å². The van der Waals surface area contributed by atoms with Crippen LogP contribution < -0.4 is 10.1 Å².